The van der Waals surface area contributed by atoms with Gasteiger partial charge in [-0.15, -0.1) is 0 Å². The van der Waals surface area contributed by atoms with Crippen molar-refractivity contribution < 1.29 is 9.84 Å². The van der Waals surface area contributed by atoms with Crippen LogP contribution in [-0.2, 0) is 4.74 Å². The first kappa shape index (κ1) is 23.6. The highest BCUT2D eigenvalue weighted by Crippen LogP contribution is 2.17. The van der Waals surface area contributed by atoms with Crippen molar-refractivity contribution in [1.29, 1.82) is 0 Å². The van der Waals surface area contributed by atoms with Crippen LogP contribution in [0.15, 0.2) is 44.9 Å². The minimum atomic E-state index is -0.692. The minimum absolute atomic E-state index is 0.00461. The van der Waals surface area contributed by atoms with Crippen molar-refractivity contribution in [3.8, 4) is 11.6 Å². The first-order chi connectivity index (χ1) is 14.5. The van der Waals surface area contributed by atoms with Gasteiger partial charge in [-0.2, -0.15) is 0 Å². The predicted octanol–water partition coefficient (Wildman–Crippen LogP) is 3.66. The Kier molecular flexibility index (Phi) is 9.54. The first-order valence-electron chi connectivity index (χ1n) is 10.7. The maximum absolute atomic E-state index is 12.3. The Labute approximate surface area is 177 Å². The molecule has 0 saturated heterocycles. The van der Waals surface area contributed by atoms with Crippen LogP contribution in [0.4, 0.5) is 0 Å². The largest absolute Gasteiger partial charge is 0.493 e. The molecule has 0 saturated carbocycles. The van der Waals surface area contributed by atoms with Gasteiger partial charge < -0.3 is 9.84 Å². The highest BCUT2D eigenvalue weighted by molar-refractivity contribution is 6.00. The summed E-state index contributed by atoms with van der Waals surface area (Å²) in [5.74, 6) is 0.193. The Hall–Kier alpha value is -2.67. The summed E-state index contributed by atoms with van der Waals surface area (Å²) in [7, 11) is 0. The maximum atomic E-state index is 12.3. The summed E-state index contributed by atoms with van der Waals surface area (Å²) < 4.78 is 6.85. The number of aromatic hydroxyl groups is 1. The second-order valence-corrected chi connectivity index (χ2v) is 7.44. The molecule has 0 aliphatic heterocycles. The van der Waals surface area contributed by atoms with Crippen molar-refractivity contribution in [2.75, 3.05) is 19.8 Å². The van der Waals surface area contributed by atoms with E-state index in [0.29, 0.717) is 30.5 Å². The maximum Gasteiger partial charge on any atom is 0.335 e. The van der Waals surface area contributed by atoms with Gasteiger partial charge in [0.15, 0.2) is 0 Å². The number of hydrogen-bond donors (Lipinski definition) is 2. The molecule has 7 heteroatoms. The van der Waals surface area contributed by atoms with Crippen LogP contribution in [0.25, 0.3) is 5.69 Å². The third-order valence-corrected chi connectivity index (χ3v) is 5.15. The van der Waals surface area contributed by atoms with Gasteiger partial charge in [0.2, 0.25) is 5.88 Å². The van der Waals surface area contributed by atoms with Crippen molar-refractivity contribution in [1.82, 2.24) is 9.55 Å². The van der Waals surface area contributed by atoms with Crippen molar-refractivity contribution >= 4 is 5.71 Å². The van der Waals surface area contributed by atoms with Crippen LogP contribution in [0.3, 0.4) is 0 Å². The van der Waals surface area contributed by atoms with Gasteiger partial charge in [-0.05, 0) is 37.8 Å². The zero-order valence-electron chi connectivity index (χ0n) is 18.2. The number of aromatic amines is 1. The van der Waals surface area contributed by atoms with Gasteiger partial charge in [0.05, 0.1) is 5.69 Å². The van der Waals surface area contributed by atoms with E-state index in [9.17, 15) is 14.7 Å². The zero-order chi connectivity index (χ0) is 21.9. The number of para-hydroxylation sites is 1. The summed E-state index contributed by atoms with van der Waals surface area (Å²) >= 11 is 0. The Bertz CT molecular complexity index is 932. The summed E-state index contributed by atoms with van der Waals surface area (Å²) in [6.07, 6.45) is 5.47. The molecule has 1 aromatic heterocycles. The summed E-state index contributed by atoms with van der Waals surface area (Å²) in [5.41, 5.74) is -0.490. The van der Waals surface area contributed by atoms with Crippen LogP contribution in [0.2, 0.25) is 0 Å². The van der Waals surface area contributed by atoms with Crippen molar-refractivity contribution in [2.24, 2.45) is 10.9 Å². The van der Waals surface area contributed by atoms with Crippen molar-refractivity contribution in [2.45, 2.75) is 52.9 Å². The lowest BCUT2D eigenvalue weighted by molar-refractivity contribution is 0.0933. The Morgan fingerprint density at radius 3 is 2.60 bits per heavy atom. The molecule has 1 heterocycles. The van der Waals surface area contributed by atoms with E-state index in [1.165, 1.54) is 19.3 Å². The van der Waals surface area contributed by atoms with Gasteiger partial charge in [-0.1, -0.05) is 51.3 Å². The standard InChI is InChI=1S/C23H33N3O4/c1-4-6-11-18(5-2)16-30-15-10-14-24-17(3)20-21(27)25-23(29)26(22(20)28)19-12-8-7-9-13-19/h7-9,12-13,18,28H,4-6,10-11,14-16H2,1-3H3,(H,25,27,29). The minimum Gasteiger partial charge on any atom is -0.493 e. The fourth-order valence-corrected chi connectivity index (χ4v) is 3.31. The molecule has 0 aliphatic rings. The van der Waals surface area contributed by atoms with Crippen molar-refractivity contribution in [3.63, 3.8) is 0 Å². The molecule has 7 nitrogen and oxygen atoms in total. The molecule has 1 unspecified atom stereocenters. The zero-order valence-corrected chi connectivity index (χ0v) is 18.2. The second-order valence-electron chi connectivity index (χ2n) is 7.44. The molecule has 2 rings (SSSR count). The number of rotatable bonds is 12. The van der Waals surface area contributed by atoms with Gasteiger partial charge in [0.1, 0.15) is 5.56 Å². The molecule has 30 heavy (non-hydrogen) atoms. The topological polar surface area (TPSA) is 96.7 Å². The third-order valence-electron chi connectivity index (χ3n) is 5.15. The Balaban J connectivity index is 2.01. The number of H-pyrrole nitrogens is 1. The highest BCUT2D eigenvalue weighted by Gasteiger charge is 2.17. The van der Waals surface area contributed by atoms with Crippen LogP contribution in [0, 0.1) is 5.92 Å². The number of hydrogen-bond acceptors (Lipinski definition) is 5. The summed E-state index contributed by atoms with van der Waals surface area (Å²) in [4.78, 5) is 31.2. The van der Waals surface area contributed by atoms with Gasteiger partial charge in [0.25, 0.3) is 5.56 Å². The van der Waals surface area contributed by atoms with E-state index in [2.05, 4.69) is 23.8 Å². The highest BCUT2D eigenvalue weighted by atomic mass is 16.5. The van der Waals surface area contributed by atoms with Crippen LogP contribution >= 0.6 is 0 Å². The fraction of sp³-hybridized carbons (Fsp3) is 0.522. The molecule has 2 N–H and O–H groups in total. The average molecular weight is 416 g/mol. The van der Waals surface area contributed by atoms with Gasteiger partial charge in [-0.25, -0.2) is 9.36 Å². The lowest BCUT2D eigenvalue weighted by Gasteiger charge is -2.14. The summed E-state index contributed by atoms with van der Waals surface area (Å²) in [5, 5.41) is 10.6. The first-order valence-corrected chi connectivity index (χ1v) is 10.7. The predicted molar refractivity (Wildman–Crippen MR) is 120 cm³/mol. The van der Waals surface area contributed by atoms with E-state index in [4.69, 9.17) is 4.74 Å². The molecule has 164 valence electrons. The Morgan fingerprint density at radius 2 is 1.93 bits per heavy atom. The Morgan fingerprint density at radius 1 is 1.20 bits per heavy atom. The average Bonchev–Trinajstić information content (AvgIpc) is 2.73. The second kappa shape index (κ2) is 12.1. The van der Waals surface area contributed by atoms with E-state index in [1.54, 1.807) is 37.3 Å². The lowest BCUT2D eigenvalue weighted by atomic mass is 10.0. The number of aliphatic imine (C=N–C) groups is 1. The number of benzene rings is 1. The molecule has 0 amide bonds. The number of nitrogens with one attached hydrogen (secondary N) is 1. The van der Waals surface area contributed by atoms with E-state index < -0.39 is 17.1 Å². The molecule has 0 aliphatic carbocycles. The van der Waals surface area contributed by atoms with E-state index in [1.807, 2.05) is 0 Å². The van der Waals surface area contributed by atoms with Crippen LogP contribution in [0.1, 0.15) is 58.4 Å². The van der Waals surface area contributed by atoms with E-state index in [-0.39, 0.29) is 5.56 Å². The molecule has 0 radical (unpaired) electrons. The van der Waals surface area contributed by atoms with E-state index in [0.717, 1.165) is 24.0 Å². The lowest BCUT2D eigenvalue weighted by Crippen LogP contribution is -2.32. The monoisotopic (exact) mass is 415 g/mol. The fourth-order valence-electron chi connectivity index (χ4n) is 3.31. The summed E-state index contributed by atoms with van der Waals surface area (Å²) in [6, 6.07) is 8.66. The van der Waals surface area contributed by atoms with Crippen molar-refractivity contribution in [3.05, 3.63) is 56.7 Å². The molecule has 0 bridgehead atoms. The molecule has 0 fully saturated rings. The van der Waals surface area contributed by atoms with Crippen LogP contribution in [-0.4, -0.2) is 40.1 Å². The van der Waals surface area contributed by atoms with E-state index >= 15 is 0 Å². The van der Waals surface area contributed by atoms with Crippen LogP contribution < -0.4 is 11.2 Å². The number of nitrogens with zero attached hydrogens (tertiary/aromatic N) is 2. The smallest absolute Gasteiger partial charge is 0.335 e. The van der Waals surface area contributed by atoms with Gasteiger partial charge >= 0.3 is 5.69 Å². The van der Waals surface area contributed by atoms with Crippen LogP contribution in [0.5, 0.6) is 5.88 Å². The quantitative estimate of drug-likeness (QED) is 0.408. The molecular weight excluding hydrogens is 382 g/mol. The van der Waals surface area contributed by atoms with Gasteiger partial charge in [0, 0.05) is 25.5 Å². The molecule has 2 aromatic rings. The van der Waals surface area contributed by atoms with Gasteiger partial charge in [-0.3, -0.25) is 14.8 Å². The normalized spacial score (nSPS) is 12.8. The molecule has 1 aromatic carbocycles. The number of unbranched alkanes of at least 4 members (excludes halogenated alkanes) is 1. The number of ether oxygens (including phenoxy) is 1. The number of aromatic nitrogens is 2. The SMILES string of the molecule is CCCCC(CC)COCCCN=C(C)c1c(O)n(-c2ccccc2)c(=O)[nH]c1=O. The third kappa shape index (κ3) is 6.42. The molecular formula is C23H33N3O4. The molecule has 1 atom stereocenters. The summed E-state index contributed by atoms with van der Waals surface area (Å²) in [6.45, 7) is 7.88. The molecule has 0 spiro atoms.